The van der Waals surface area contributed by atoms with Crippen LogP contribution >= 0.6 is 0 Å². The van der Waals surface area contributed by atoms with Gasteiger partial charge in [-0.05, 0) is 30.7 Å². The lowest BCUT2D eigenvalue weighted by Crippen LogP contribution is -2.38. The topological polar surface area (TPSA) is 66.5 Å². The van der Waals surface area contributed by atoms with Crippen molar-refractivity contribution < 1.29 is 17.6 Å². The van der Waals surface area contributed by atoms with Gasteiger partial charge < -0.3 is 5.32 Å². The molecule has 0 aliphatic heterocycles. The van der Waals surface area contributed by atoms with Crippen LogP contribution in [0.2, 0.25) is 0 Å². The molecule has 2 aromatic rings. The third kappa shape index (κ3) is 4.29. The second-order valence-corrected chi connectivity index (χ2v) is 6.99. The van der Waals surface area contributed by atoms with Crippen molar-refractivity contribution in [2.24, 2.45) is 0 Å². The molecular formula is C16H17FN2O3S. The molecule has 0 saturated carbocycles. The summed E-state index contributed by atoms with van der Waals surface area (Å²) in [5.74, 6) is -1.20. The quantitative estimate of drug-likeness (QED) is 0.912. The van der Waals surface area contributed by atoms with Crippen LogP contribution in [0.1, 0.15) is 5.56 Å². The molecule has 0 heterocycles. The van der Waals surface area contributed by atoms with Gasteiger partial charge in [0, 0.05) is 0 Å². The van der Waals surface area contributed by atoms with Gasteiger partial charge in [-0.15, -0.1) is 0 Å². The number of carbonyl (C=O) groups is 1. The molecule has 0 bridgehead atoms. The van der Waals surface area contributed by atoms with Crippen LogP contribution in [0.4, 0.5) is 15.8 Å². The van der Waals surface area contributed by atoms with E-state index in [1.807, 2.05) is 0 Å². The van der Waals surface area contributed by atoms with Crippen molar-refractivity contribution >= 4 is 27.3 Å². The van der Waals surface area contributed by atoms with E-state index in [2.05, 4.69) is 5.32 Å². The van der Waals surface area contributed by atoms with Crippen molar-refractivity contribution in [3.05, 3.63) is 59.9 Å². The van der Waals surface area contributed by atoms with Crippen molar-refractivity contribution in [2.45, 2.75) is 6.92 Å². The molecule has 7 heteroatoms. The van der Waals surface area contributed by atoms with Crippen molar-refractivity contribution in [1.29, 1.82) is 0 Å². The summed E-state index contributed by atoms with van der Waals surface area (Å²) in [5.41, 5.74) is 1.14. The van der Waals surface area contributed by atoms with E-state index in [0.29, 0.717) is 5.69 Å². The molecule has 2 rings (SSSR count). The van der Waals surface area contributed by atoms with Gasteiger partial charge in [-0.3, -0.25) is 9.10 Å². The second-order valence-electron chi connectivity index (χ2n) is 5.08. The summed E-state index contributed by atoms with van der Waals surface area (Å²) in [6.07, 6.45) is 1.02. The van der Waals surface area contributed by atoms with E-state index in [0.717, 1.165) is 16.1 Å². The number of sulfonamides is 1. The highest BCUT2D eigenvalue weighted by Gasteiger charge is 2.22. The molecule has 5 nitrogen and oxygen atoms in total. The fraction of sp³-hybridized carbons (Fsp3) is 0.188. The van der Waals surface area contributed by atoms with Crippen LogP contribution < -0.4 is 9.62 Å². The Morgan fingerprint density at radius 1 is 1.13 bits per heavy atom. The largest absolute Gasteiger partial charge is 0.322 e. The first kappa shape index (κ1) is 17.0. The van der Waals surface area contributed by atoms with Crippen molar-refractivity contribution in [3.63, 3.8) is 0 Å². The average Bonchev–Trinajstić information content (AvgIpc) is 2.47. The lowest BCUT2D eigenvalue weighted by molar-refractivity contribution is -0.114. The number of nitrogens with one attached hydrogen (secondary N) is 1. The minimum absolute atomic E-state index is 0.00994. The fourth-order valence-electron chi connectivity index (χ4n) is 2.11. The standard InChI is InChI=1S/C16H17FN2O3S/c1-12-7-3-6-10-15(12)19(23(2,21)22)11-16(20)18-14-9-5-4-8-13(14)17/h3-10H,11H2,1-2H3,(H,18,20). The Morgan fingerprint density at radius 3 is 2.35 bits per heavy atom. The molecule has 0 aliphatic rings. The minimum Gasteiger partial charge on any atom is -0.322 e. The summed E-state index contributed by atoms with van der Waals surface area (Å²) < 4.78 is 38.6. The van der Waals surface area contributed by atoms with Crippen molar-refractivity contribution in [1.82, 2.24) is 0 Å². The van der Waals surface area contributed by atoms with Gasteiger partial charge in [0.15, 0.2) is 0 Å². The molecule has 122 valence electrons. The van der Waals surface area contributed by atoms with Gasteiger partial charge in [0.05, 0.1) is 17.6 Å². The molecule has 0 atom stereocenters. The third-order valence-corrected chi connectivity index (χ3v) is 4.35. The highest BCUT2D eigenvalue weighted by Crippen LogP contribution is 2.22. The molecule has 0 radical (unpaired) electrons. The predicted octanol–water partition coefficient (Wildman–Crippen LogP) is 2.54. The number of aryl methyl sites for hydroxylation is 1. The van der Waals surface area contributed by atoms with Gasteiger partial charge in [-0.25, -0.2) is 12.8 Å². The number of amides is 1. The summed E-state index contributed by atoms with van der Waals surface area (Å²) in [4.78, 5) is 12.1. The zero-order valence-electron chi connectivity index (χ0n) is 12.8. The van der Waals surface area contributed by atoms with E-state index in [-0.39, 0.29) is 5.69 Å². The van der Waals surface area contributed by atoms with Gasteiger partial charge in [-0.2, -0.15) is 0 Å². The van der Waals surface area contributed by atoms with Crippen molar-refractivity contribution in [2.75, 3.05) is 22.4 Å². The molecule has 0 aliphatic carbocycles. The highest BCUT2D eigenvalue weighted by molar-refractivity contribution is 7.92. The number of anilines is 2. The van der Waals surface area contributed by atoms with E-state index in [9.17, 15) is 17.6 Å². The third-order valence-electron chi connectivity index (χ3n) is 3.22. The summed E-state index contributed by atoms with van der Waals surface area (Å²) >= 11 is 0. The molecule has 0 unspecified atom stereocenters. The monoisotopic (exact) mass is 336 g/mol. The lowest BCUT2D eigenvalue weighted by atomic mass is 10.2. The van der Waals surface area contributed by atoms with Crippen LogP contribution in [-0.2, 0) is 14.8 Å². The maximum Gasteiger partial charge on any atom is 0.245 e. The number of carbonyl (C=O) groups excluding carboxylic acids is 1. The van der Waals surface area contributed by atoms with Gasteiger partial charge in [0.1, 0.15) is 12.4 Å². The predicted molar refractivity (Wildman–Crippen MR) is 88.4 cm³/mol. The van der Waals surface area contributed by atoms with E-state index >= 15 is 0 Å². The zero-order valence-corrected chi connectivity index (χ0v) is 13.6. The summed E-state index contributed by atoms with van der Waals surface area (Å²) in [6, 6.07) is 12.5. The molecule has 2 aromatic carbocycles. The Labute approximate surface area is 134 Å². The number of para-hydroxylation sites is 2. The van der Waals surface area contributed by atoms with E-state index < -0.39 is 28.3 Å². The second kappa shape index (κ2) is 6.78. The summed E-state index contributed by atoms with van der Waals surface area (Å²) in [7, 11) is -3.66. The summed E-state index contributed by atoms with van der Waals surface area (Å²) in [6.45, 7) is 1.32. The smallest absolute Gasteiger partial charge is 0.245 e. The van der Waals surface area contributed by atoms with Crippen LogP contribution in [-0.4, -0.2) is 27.1 Å². The van der Waals surface area contributed by atoms with Gasteiger partial charge in [-0.1, -0.05) is 30.3 Å². The van der Waals surface area contributed by atoms with E-state index in [1.54, 1.807) is 37.3 Å². The number of halogens is 1. The Morgan fingerprint density at radius 2 is 1.74 bits per heavy atom. The number of hydrogen-bond donors (Lipinski definition) is 1. The van der Waals surface area contributed by atoms with Crippen LogP contribution in [0.25, 0.3) is 0 Å². The first-order valence-electron chi connectivity index (χ1n) is 6.87. The fourth-order valence-corrected chi connectivity index (χ4v) is 3.02. The maximum absolute atomic E-state index is 13.6. The van der Waals surface area contributed by atoms with Crippen molar-refractivity contribution in [3.8, 4) is 0 Å². The molecule has 0 fully saturated rings. The number of hydrogen-bond acceptors (Lipinski definition) is 3. The SMILES string of the molecule is Cc1ccccc1N(CC(=O)Nc1ccccc1F)S(C)(=O)=O. The Bertz CT molecular complexity index is 822. The highest BCUT2D eigenvalue weighted by atomic mass is 32.2. The molecular weight excluding hydrogens is 319 g/mol. The van der Waals surface area contributed by atoms with Gasteiger partial charge >= 0.3 is 0 Å². The van der Waals surface area contributed by atoms with Crippen LogP contribution in [0, 0.1) is 12.7 Å². The minimum atomic E-state index is -3.66. The Hall–Kier alpha value is -2.41. The lowest BCUT2D eigenvalue weighted by Gasteiger charge is -2.23. The average molecular weight is 336 g/mol. The van der Waals surface area contributed by atoms with Crippen LogP contribution in [0.15, 0.2) is 48.5 Å². The van der Waals surface area contributed by atoms with E-state index in [1.165, 1.54) is 18.2 Å². The molecule has 0 spiro atoms. The molecule has 23 heavy (non-hydrogen) atoms. The number of rotatable bonds is 5. The molecule has 0 saturated heterocycles. The molecule has 0 aromatic heterocycles. The number of benzene rings is 2. The van der Waals surface area contributed by atoms with Crippen LogP contribution in [0.3, 0.4) is 0 Å². The van der Waals surface area contributed by atoms with E-state index in [4.69, 9.17) is 0 Å². The van der Waals surface area contributed by atoms with Gasteiger partial charge in [0.25, 0.3) is 0 Å². The maximum atomic E-state index is 13.6. The normalized spacial score (nSPS) is 11.1. The first-order chi connectivity index (χ1) is 10.8. The number of nitrogens with zero attached hydrogens (tertiary/aromatic N) is 1. The summed E-state index contributed by atoms with van der Waals surface area (Å²) in [5, 5.41) is 2.38. The zero-order chi connectivity index (χ0) is 17.0. The Balaban J connectivity index is 2.24. The van der Waals surface area contributed by atoms with Gasteiger partial charge in [0.2, 0.25) is 15.9 Å². The molecule has 1 amide bonds. The van der Waals surface area contributed by atoms with Crippen LogP contribution in [0.5, 0.6) is 0 Å². The Kier molecular flexibility index (Phi) is 5.00. The first-order valence-corrected chi connectivity index (χ1v) is 8.71. The molecule has 1 N–H and O–H groups in total.